The van der Waals surface area contributed by atoms with E-state index >= 15 is 0 Å². The maximum Gasteiger partial charge on any atom is 0.225 e. The topological polar surface area (TPSA) is 28.5 Å². The van der Waals surface area contributed by atoms with Gasteiger partial charge in [-0.1, -0.05) is 36.4 Å². The molecule has 158 valence electrons. The number of carbonyl (C=O) groups is 1. The van der Waals surface area contributed by atoms with Gasteiger partial charge in [-0.15, -0.1) is 11.3 Å². The molecule has 0 bridgehead atoms. The third-order valence-corrected chi connectivity index (χ3v) is 7.03. The smallest absolute Gasteiger partial charge is 0.225 e. The van der Waals surface area contributed by atoms with E-state index in [1.807, 2.05) is 12.1 Å². The molecule has 1 aliphatic rings. The first kappa shape index (κ1) is 20.9. The first-order valence-corrected chi connectivity index (χ1v) is 11.8. The number of benzene rings is 1. The monoisotopic (exact) mass is 421 g/mol. The summed E-state index contributed by atoms with van der Waals surface area (Å²) < 4.78 is 2.16. The Bertz CT molecular complexity index is 858. The number of carbonyl (C=O) groups excluding carboxylic acids is 1. The van der Waals surface area contributed by atoms with Crippen molar-refractivity contribution in [1.82, 2.24) is 14.4 Å². The Kier molecular flexibility index (Phi) is 7.03. The fraction of sp³-hybridized carbons (Fsp3) is 0.400. The second-order valence-electron chi connectivity index (χ2n) is 8.17. The van der Waals surface area contributed by atoms with Crippen LogP contribution in [0.1, 0.15) is 36.2 Å². The van der Waals surface area contributed by atoms with E-state index < -0.39 is 0 Å². The lowest BCUT2D eigenvalue weighted by atomic mass is 10.1. The van der Waals surface area contributed by atoms with E-state index in [9.17, 15) is 4.79 Å². The lowest BCUT2D eigenvalue weighted by Crippen LogP contribution is -2.37. The summed E-state index contributed by atoms with van der Waals surface area (Å²) in [4.78, 5) is 19.1. The number of nitrogens with zero attached hydrogens (tertiary/aromatic N) is 3. The highest BCUT2D eigenvalue weighted by Crippen LogP contribution is 2.28. The standard InChI is InChI=1S/C25H31N3OS/c1-2-27(20-22-12-15-26(19-22)18-21-9-4-3-5-10-21)25(29)17-23(24-11-8-16-30-24)28-13-6-7-14-28/h3-11,13-14,16,22-23H,2,12,15,17-20H2,1H3. The highest BCUT2D eigenvalue weighted by atomic mass is 32.1. The van der Waals surface area contributed by atoms with Crippen molar-refractivity contribution >= 4 is 17.2 Å². The van der Waals surface area contributed by atoms with E-state index in [2.05, 4.69) is 81.5 Å². The van der Waals surface area contributed by atoms with Crippen LogP contribution in [0.25, 0.3) is 0 Å². The molecular formula is C25H31N3OS. The van der Waals surface area contributed by atoms with Crippen LogP contribution in [0.2, 0.25) is 0 Å². The molecule has 5 heteroatoms. The zero-order chi connectivity index (χ0) is 20.8. The zero-order valence-electron chi connectivity index (χ0n) is 17.7. The van der Waals surface area contributed by atoms with Gasteiger partial charge >= 0.3 is 0 Å². The van der Waals surface area contributed by atoms with Crippen molar-refractivity contribution < 1.29 is 4.79 Å². The van der Waals surface area contributed by atoms with E-state index in [0.29, 0.717) is 12.3 Å². The Labute approximate surface area is 183 Å². The lowest BCUT2D eigenvalue weighted by molar-refractivity contribution is -0.132. The number of hydrogen-bond donors (Lipinski definition) is 0. The van der Waals surface area contributed by atoms with Gasteiger partial charge in [-0.3, -0.25) is 9.69 Å². The minimum atomic E-state index is 0.0831. The zero-order valence-corrected chi connectivity index (χ0v) is 18.5. The fourth-order valence-corrected chi connectivity index (χ4v) is 5.28. The van der Waals surface area contributed by atoms with Gasteiger partial charge in [0.1, 0.15) is 0 Å². The number of amides is 1. The SMILES string of the molecule is CCN(CC1CCN(Cc2ccccc2)C1)C(=O)CC(c1cccs1)n1cccc1. The molecule has 30 heavy (non-hydrogen) atoms. The molecule has 0 radical (unpaired) electrons. The molecule has 1 amide bonds. The Hall–Kier alpha value is -2.37. The molecule has 2 atom stereocenters. The molecule has 0 N–H and O–H groups in total. The van der Waals surface area contributed by atoms with Crippen LogP contribution in [0, 0.1) is 5.92 Å². The van der Waals surface area contributed by atoms with Crippen LogP contribution in [0.3, 0.4) is 0 Å². The second kappa shape index (κ2) is 10.1. The second-order valence-corrected chi connectivity index (χ2v) is 9.15. The Morgan fingerprint density at radius 2 is 1.93 bits per heavy atom. The third kappa shape index (κ3) is 5.21. The first-order chi connectivity index (χ1) is 14.7. The van der Waals surface area contributed by atoms with Crippen molar-refractivity contribution in [1.29, 1.82) is 0 Å². The molecule has 1 saturated heterocycles. The van der Waals surface area contributed by atoms with Gasteiger partial charge in [0.25, 0.3) is 0 Å². The highest BCUT2D eigenvalue weighted by molar-refractivity contribution is 7.10. The molecule has 0 saturated carbocycles. The van der Waals surface area contributed by atoms with Crippen molar-refractivity contribution in [3.63, 3.8) is 0 Å². The van der Waals surface area contributed by atoms with Gasteiger partial charge in [0.2, 0.25) is 5.91 Å². The van der Waals surface area contributed by atoms with Crippen molar-refractivity contribution in [2.24, 2.45) is 5.92 Å². The average molecular weight is 422 g/mol. The summed E-state index contributed by atoms with van der Waals surface area (Å²) in [5.41, 5.74) is 1.37. The molecule has 4 rings (SSSR count). The molecule has 1 fully saturated rings. The third-order valence-electron chi connectivity index (χ3n) is 6.06. The summed E-state index contributed by atoms with van der Waals surface area (Å²) >= 11 is 1.73. The van der Waals surface area contributed by atoms with Crippen LogP contribution >= 0.6 is 11.3 Å². The minimum absolute atomic E-state index is 0.0831. The van der Waals surface area contributed by atoms with Crippen LogP contribution in [-0.2, 0) is 11.3 Å². The number of rotatable bonds is 9. The molecule has 3 aromatic rings. The summed E-state index contributed by atoms with van der Waals surface area (Å²) in [6, 6.07) is 19.0. The molecule has 4 nitrogen and oxygen atoms in total. The van der Waals surface area contributed by atoms with Crippen LogP contribution in [0.5, 0.6) is 0 Å². The molecule has 2 unspecified atom stereocenters. The Morgan fingerprint density at radius 1 is 1.13 bits per heavy atom. The molecule has 0 spiro atoms. The van der Waals surface area contributed by atoms with E-state index in [1.165, 1.54) is 16.9 Å². The van der Waals surface area contributed by atoms with Crippen LogP contribution in [0.15, 0.2) is 72.4 Å². The van der Waals surface area contributed by atoms with E-state index in [-0.39, 0.29) is 11.9 Å². The number of aromatic nitrogens is 1. The molecule has 2 aromatic heterocycles. The maximum atomic E-state index is 13.2. The number of thiophene rings is 1. The Morgan fingerprint density at radius 3 is 2.63 bits per heavy atom. The summed E-state index contributed by atoms with van der Waals surface area (Å²) in [5, 5.41) is 2.09. The predicted molar refractivity (Wildman–Crippen MR) is 124 cm³/mol. The normalized spacial score (nSPS) is 17.8. The quantitative estimate of drug-likeness (QED) is 0.492. The fourth-order valence-electron chi connectivity index (χ4n) is 4.45. The van der Waals surface area contributed by atoms with Gasteiger partial charge in [0, 0.05) is 43.4 Å². The average Bonchev–Trinajstić information content (AvgIpc) is 3.54. The predicted octanol–water partition coefficient (Wildman–Crippen LogP) is 4.90. The van der Waals surface area contributed by atoms with Crippen molar-refractivity contribution in [3.8, 4) is 0 Å². The summed E-state index contributed by atoms with van der Waals surface area (Å²) in [7, 11) is 0. The summed E-state index contributed by atoms with van der Waals surface area (Å²) in [6.07, 6.45) is 5.81. The largest absolute Gasteiger partial charge is 0.346 e. The molecule has 1 aliphatic heterocycles. The minimum Gasteiger partial charge on any atom is -0.346 e. The van der Waals surface area contributed by atoms with Crippen LogP contribution in [-0.4, -0.2) is 46.5 Å². The highest BCUT2D eigenvalue weighted by Gasteiger charge is 2.27. The molecule has 1 aromatic carbocycles. The maximum absolute atomic E-state index is 13.2. The lowest BCUT2D eigenvalue weighted by Gasteiger charge is -2.27. The number of hydrogen-bond acceptors (Lipinski definition) is 3. The van der Waals surface area contributed by atoms with Crippen LogP contribution < -0.4 is 0 Å². The van der Waals surface area contributed by atoms with E-state index in [1.54, 1.807) is 11.3 Å². The first-order valence-electron chi connectivity index (χ1n) is 10.9. The van der Waals surface area contributed by atoms with Gasteiger partial charge in [-0.05, 0) is 54.9 Å². The van der Waals surface area contributed by atoms with Crippen LogP contribution in [0.4, 0.5) is 0 Å². The molecule has 3 heterocycles. The Balaban J connectivity index is 1.35. The van der Waals surface area contributed by atoms with Gasteiger partial charge < -0.3 is 9.47 Å². The van der Waals surface area contributed by atoms with E-state index in [0.717, 1.165) is 32.7 Å². The molecular weight excluding hydrogens is 390 g/mol. The van der Waals surface area contributed by atoms with E-state index in [4.69, 9.17) is 0 Å². The summed E-state index contributed by atoms with van der Waals surface area (Å²) in [6.45, 7) is 6.94. The summed E-state index contributed by atoms with van der Waals surface area (Å²) in [5.74, 6) is 0.815. The van der Waals surface area contributed by atoms with Gasteiger partial charge in [0.15, 0.2) is 0 Å². The van der Waals surface area contributed by atoms with Crippen molar-refractivity contribution in [3.05, 3.63) is 82.8 Å². The molecule has 0 aliphatic carbocycles. The van der Waals surface area contributed by atoms with Gasteiger partial charge in [-0.2, -0.15) is 0 Å². The van der Waals surface area contributed by atoms with Gasteiger partial charge in [0.05, 0.1) is 12.5 Å². The van der Waals surface area contributed by atoms with Crippen molar-refractivity contribution in [2.45, 2.75) is 32.4 Å². The van der Waals surface area contributed by atoms with Crippen molar-refractivity contribution in [2.75, 3.05) is 26.2 Å². The number of likely N-dealkylation sites (tertiary alicyclic amines) is 1. The van der Waals surface area contributed by atoms with Gasteiger partial charge in [-0.25, -0.2) is 0 Å².